The van der Waals surface area contributed by atoms with Gasteiger partial charge in [-0.25, -0.2) is 0 Å². The number of aryl methyl sites for hydroxylation is 1. The van der Waals surface area contributed by atoms with E-state index in [1.54, 1.807) is 6.07 Å². The average molecular weight is 339 g/mol. The SMILES string of the molecule is Cc1ccc(O)c(CNc2cccc(I)c2)c1. The number of hydrogen-bond acceptors (Lipinski definition) is 2. The Balaban J connectivity index is 2.09. The van der Waals surface area contributed by atoms with Crippen molar-refractivity contribution >= 4 is 28.3 Å². The summed E-state index contributed by atoms with van der Waals surface area (Å²) in [5, 5.41) is 13.0. The lowest BCUT2D eigenvalue weighted by atomic mass is 10.1. The number of hydrogen-bond donors (Lipinski definition) is 2. The van der Waals surface area contributed by atoms with Crippen molar-refractivity contribution in [3.63, 3.8) is 0 Å². The molecule has 2 aromatic rings. The molecule has 0 atom stereocenters. The van der Waals surface area contributed by atoms with Crippen molar-refractivity contribution in [2.75, 3.05) is 5.32 Å². The normalized spacial score (nSPS) is 10.2. The molecule has 0 aliphatic rings. The molecule has 0 aliphatic carbocycles. The van der Waals surface area contributed by atoms with Gasteiger partial charge < -0.3 is 10.4 Å². The molecule has 0 aliphatic heterocycles. The first kappa shape index (κ1) is 12.2. The lowest BCUT2D eigenvalue weighted by Crippen LogP contribution is -2.00. The van der Waals surface area contributed by atoms with Gasteiger partial charge in [-0.3, -0.25) is 0 Å². The van der Waals surface area contributed by atoms with Crippen LogP contribution < -0.4 is 5.32 Å². The van der Waals surface area contributed by atoms with E-state index in [1.165, 1.54) is 3.57 Å². The minimum atomic E-state index is 0.341. The van der Waals surface area contributed by atoms with Gasteiger partial charge in [0.05, 0.1) is 0 Å². The minimum absolute atomic E-state index is 0.341. The topological polar surface area (TPSA) is 32.3 Å². The first-order valence-electron chi connectivity index (χ1n) is 5.43. The molecule has 0 amide bonds. The number of phenols is 1. The predicted molar refractivity (Wildman–Crippen MR) is 79.3 cm³/mol. The van der Waals surface area contributed by atoms with Crippen LogP contribution in [0.4, 0.5) is 5.69 Å². The van der Waals surface area contributed by atoms with Crippen LogP contribution in [-0.2, 0) is 6.54 Å². The number of halogens is 1. The van der Waals surface area contributed by atoms with E-state index in [9.17, 15) is 5.11 Å². The summed E-state index contributed by atoms with van der Waals surface area (Å²) in [4.78, 5) is 0. The smallest absolute Gasteiger partial charge is 0.120 e. The lowest BCUT2D eigenvalue weighted by molar-refractivity contribution is 0.469. The van der Waals surface area contributed by atoms with Crippen molar-refractivity contribution in [2.45, 2.75) is 13.5 Å². The van der Waals surface area contributed by atoms with Crippen molar-refractivity contribution in [1.82, 2.24) is 0 Å². The molecular formula is C14H14INO. The van der Waals surface area contributed by atoms with Gasteiger partial charge in [0.1, 0.15) is 5.75 Å². The second-order valence-corrected chi connectivity index (χ2v) is 5.24. The van der Waals surface area contributed by atoms with Crippen LogP contribution in [0.3, 0.4) is 0 Å². The Hall–Kier alpha value is -1.23. The molecule has 3 heteroatoms. The molecule has 0 saturated carbocycles. The summed E-state index contributed by atoms with van der Waals surface area (Å²) in [6, 6.07) is 13.8. The van der Waals surface area contributed by atoms with Crippen molar-refractivity contribution < 1.29 is 5.11 Å². The highest BCUT2D eigenvalue weighted by molar-refractivity contribution is 14.1. The monoisotopic (exact) mass is 339 g/mol. The maximum absolute atomic E-state index is 9.73. The molecule has 17 heavy (non-hydrogen) atoms. The molecule has 0 aromatic heterocycles. The van der Waals surface area contributed by atoms with Crippen molar-refractivity contribution in [2.24, 2.45) is 0 Å². The Morgan fingerprint density at radius 3 is 2.76 bits per heavy atom. The van der Waals surface area contributed by atoms with Gasteiger partial charge in [-0.15, -0.1) is 0 Å². The zero-order chi connectivity index (χ0) is 12.3. The Morgan fingerprint density at radius 1 is 1.18 bits per heavy atom. The fraction of sp³-hybridized carbons (Fsp3) is 0.143. The molecule has 0 unspecified atom stereocenters. The zero-order valence-electron chi connectivity index (χ0n) is 9.57. The zero-order valence-corrected chi connectivity index (χ0v) is 11.7. The van der Waals surface area contributed by atoms with E-state index in [0.29, 0.717) is 12.3 Å². The van der Waals surface area contributed by atoms with E-state index in [1.807, 2.05) is 31.2 Å². The fourth-order valence-corrected chi connectivity index (χ4v) is 2.19. The molecule has 2 rings (SSSR count). The van der Waals surface area contributed by atoms with Crippen LogP contribution in [0.25, 0.3) is 0 Å². The summed E-state index contributed by atoms with van der Waals surface area (Å²) in [5.74, 6) is 0.341. The number of rotatable bonds is 3. The molecule has 0 spiro atoms. The molecule has 0 radical (unpaired) electrons. The van der Waals surface area contributed by atoms with Gasteiger partial charge in [-0.2, -0.15) is 0 Å². The van der Waals surface area contributed by atoms with E-state index in [2.05, 4.69) is 40.0 Å². The third kappa shape index (κ3) is 3.36. The third-order valence-electron chi connectivity index (χ3n) is 2.54. The number of phenolic OH excluding ortho intramolecular Hbond substituents is 1. The van der Waals surface area contributed by atoms with E-state index in [-0.39, 0.29) is 0 Å². The molecule has 0 saturated heterocycles. The second kappa shape index (κ2) is 5.40. The maximum atomic E-state index is 9.73. The van der Waals surface area contributed by atoms with Gasteiger partial charge in [0.2, 0.25) is 0 Å². The van der Waals surface area contributed by atoms with Gasteiger partial charge in [0.25, 0.3) is 0 Å². The summed E-state index contributed by atoms with van der Waals surface area (Å²) >= 11 is 2.28. The molecule has 2 aromatic carbocycles. The lowest BCUT2D eigenvalue weighted by Gasteiger charge is -2.09. The van der Waals surface area contributed by atoms with E-state index < -0.39 is 0 Å². The van der Waals surface area contributed by atoms with Crippen LogP contribution in [0.2, 0.25) is 0 Å². The van der Waals surface area contributed by atoms with Crippen molar-refractivity contribution in [3.05, 3.63) is 57.2 Å². The highest BCUT2D eigenvalue weighted by Crippen LogP contribution is 2.20. The van der Waals surface area contributed by atoms with Crippen LogP contribution in [0.15, 0.2) is 42.5 Å². The molecule has 88 valence electrons. The van der Waals surface area contributed by atoms with Crippen LogP contribution in [0.5, 0.6) is 5.75 Å². The first-order valence-corrected chi connectivity index (χ1v) is 6.51. The molecule has 0 fully saturated rings. The standard InChI is InChI=1S/C14H14INO/c1-10-5-6-14(17)11(7-10)9-16-13-4-2-3-12(15)8-13/h2-8,16-17H,9H2,1H3. The Labute approximate surface area is 115 Å². The van der Waals surface area contributed by atoms with E-state index in [4.69, 9.17) is 0 Å². The van der Waals surface area contributed by atoms with Crippen LogP contribution in [-0.4, -0.2) is 5.11 Å². The largest absolute Gasteiger partial charge is 0.508 e. The summed E-state index contributed by atoms with van der Waals surface area (Å²) in [6.07, 6.45) is 0. The van der Waals surface area contributed by atoms with Crippen LogP contribution >= 0.6 is 22.6 Å². The van der Waals surface area contributed by atoms with Gasteiger partial charge in [0.15, 0.2) is 0 Å². The average Bonchev–Trinajstić information content (AvgIpc) is 2.30. The molecule has 0 bridgehead atoms. The second-order valence-electron chi connectivity index (χ2n) is 4.00. The fourth-order valence-electron chi connectivity index (χ4n) is 1.65. The van der Waals surface area contributed by atoms with E-state index >= 15 is 0 Å². The molecule has 0 heterocycles. The highest BCUT2D eigenvalue weighted by Gasteiger charge is 2.01. The first-order chi connectivity index (χ1) is 8.15. The van der Waals surface area contributed by atoms with Gasteiger partial charge in [-0.05, 0) is 53.8 Å². The van der Waals surface area contributed by atoms with Crippen molar-refractivity contribution in [3.8, 4) is 5.75 Å². The van der Waals surface area contributed by atoms with Gasteiger partial charge in [-0.1, -0.05) is 23.8 Å². The Bertz CT molecular complexity index is 525. The quantitative estimate of drug-likeness (QED) is 0.831. The predicted octanol–water partition coefficient (Wildman–Crippen LogP) is 3.92. The number of aromatic hydroxyl groups is 1. The Morgan fingerprint density at radius 2 is 2.00 bits per heavy atom. The minimum Gasteiger partial charge on any atom is -0.508 e. The van der Waals surface area contributed by atoms with E-state index in [0.717, 1.165) is 16.8 Å². The van der Waals surface area contributed by atoms with Gasteiger partial charge in [0, 0.05) is 21.4 Å². The maximum Gasteiger partial charge on any atom is 0.120 e. The van der Waals surface area contributed by atoms with Crippen LogP contribution in [0.1, 0.15) is 11.1 Å². The van der Waals surface area contributed by atoms with Crippen molar-refractivity contribution in [1.29, 1.82) is 0 Å². The summed E-state index contributed by atoms with van der Waals surface area (Å²) in [7, 11) is 0. The summed E-state index contributed by atoms with van der Waals surface area (Å²) in [6.45, 7) is 2.65. The molecule has 2 nitrogen and oxygen atoms in total. The van der Waals surface area contributed by atoms with Gasteiger partial charge >= 0.3 is 0 Å². The molecule has 2 N–H and O–H groups in total. The summed E-state index contributed by atoms with van der Waals surface area (Å²) < 4.78 is 1.20. The van der Waals surface area contributed by atoms with Crippen LogP contribution in [0, 0.1) is 10.5 Å². The Kier molecular flexibility index (Phi) is 3.89. The number of anilines is 1. The number of benzene rings is 2. The highest BCUT2D eigenvalue weighted by atomic mass is 127. The third-order valence-corrected chi connectivity index (χ3v) is 3.21. The summed E-state index contributed by atoms with van der Waals surface area (Å²) in [5.41, 5.74) is 3.14. The molecular weight excluding hydrogens is 325 g/mol. The number of nitrogens with one attached hydrogen (secondary N) is 1.